The summed E-state index contributed by atoms with van der Waals surface area (Å²) in [4.78, 5) is 1.56. The van der Waals surface area contributed by atoms with E-state index in [0.717, 1.165) is 0 Å². The predicted octanol–water partition coefficient (Wildman–Crippen LogP) is 4.35. The average Bonchev–Trinajstić information content (AvgIpc) is 2.60. The summed E-state index contributed by atoms with van der Waals surface area (Å²) in [5.74, 6) is 0. The molecule has 0 atom stereocenters. The molecule has 0 aromatic carbocycles. The lowest BCUT2D eigenvalue weighted by Crippen LogP contribution is -2.27. The normalized spacial score (nSPS) is 19.4. The first-order chi connectivity index (χ1) is 6.71. The van der Waals surface area contributed by atoms with E-state index < -0.39 is 0 Å². The Bertz CT molecular complexity index is 318. The molecule has 0 saturated heterocycles. The SMILES string of the molecule is CCC1(CC)CCc2csc(C)c2C1. The zero-order chi connectivity index (χ0) is 10.2. The van der Waals surface area contributed by atoms with Crippen molar-refractivity contribution in [2.75, 3.05) is 0 Å². The Morgan fingerprint density at radius 1 is 1.36 bits per heavy atom. The molecule has 0 N–H and O–H groups in total. The summed E-state index contributed by atoms with van der Waals surface area (Å²) in [6, 6.07) is 0. The molecule has 1 heteroatoms. The minimum absolute atomic E-state index is 0.624. The Morgan fingerprint density at radius 2 is 2.07 bits per heavy atom. The summed E-state index contributed by atoms with van der Waals surface area (Å²) in [7, 11) is 0. The highest BCUT2D eigenvalue weighted by Crippen LogP contribution is 2.43. The van der Waals surface area contributed by atoms with Gasteiger partial charge in [-0.05, 0) is 48.1 Å². The maximum absolute atomic E-state index is 2.37. The van der Waals surface area contributed by atoms with E-state index in [4.69, 9.17) is 0 Å². The standard InChI is InChI=1S/C13H20S/c1-4-13(5-2)7-6-11-9-14-10(3)12(11)8-13/h9H,4-8H2,1-3H3. The third-order valence-corrected chi connectivity index (χ3v) is 5.17. The average molecular weight is 208 g/mol. The second kappa shape index (κ2) is 3.69. The molecule has 2 rings (SSSR count). The van der Waals surface area contributed by atoms with E-state index in [1.54, 1.807) is 16.0 Å². The van der Waals surface area contributed by atoms with Gasteiger partial charge in [0.05, 0.1) is 0 Å². The molecule has 78 valence electrons. The van der Waals surface area contributed by atoms with Crippen LogP contribution in [0.4, 0.5) is 0 Å². The van der Waals surface area contributed by atoms with Crippen LogP contribution < -0.4 is 0 Å². The number of rotatable bonds is 2. The quantitative estimate of drug-likeness (QED) is 0.677. The molecule has 1 aromatic rings. The van der Waals surface area contributed by atoms with Gasteiger partial charge in [-0.15, -0.1) is 11.3 Å². The molecule has 0 spiro atoms. The molecule has 0 saturated carbocycles. The van der Waals surface area contributed by atoms with Crippen LogP contribution in [0, 0.1) is 12.3 Å². The molecule has 0 bridgehead atoms. The summed E-state index contributed by atoms with van der Waals surface area (Å²) in [6.45, 7) is 7.00. The van der Waals surface area contributed by atoms with Gasteiger partial charge >= 0.3 is 0 Å². The van der Waals surface area contributed by atoms with Gasteiger partial charge in [0.25, 0.3) is 0 Å². The third kappa shape index (κ3) is 1.52. The Balaban J connectivity index is 2.31. The van der Waals surface area contributed by atoms with Gasteiger partial charge in [0, 0.05) is 4.88 Å². The van der Waals surface area contributed by atoms with Crippen LogP contribution in [0.5, 0.6) is 0 Å². The van der Waals surface area contributed by atoms with Gasteiger partial charge < -0.3 is 0 Å². The van der Waals surface area contributed by atoms with E-state index >= 15 is 0 Å². The van der Waals surface area contributed by atoms with Crippen molar-refractivity contribution in [2.24, 2.45) is 5.41 Å². The molecular formula is C13H20S. The van der Waals surface area contributed by atoms with Crippen molar-refractivity contribution >= 4 is 11.3 Å². The van der Waals surface area contributed by atoms with E-state index in [1.165, 1.54) is 32.1 Å². The van der Waals surface area contributed by atoms with E-state index in [2.05, 4.69) is 26.2 Å². The van der Waals surface area contributed by atoms with Crippen molar-refractivity contribution in [2.45, 2.75) is 52.9 Å². The maximum Gasteiger partial charge on any atom is 0.00492 e. The fourth-order valence-corrected chi connectivity index (χ4v) is 3.62. The van der Waals surface area contributed by atoms with Crippen LogP contribution in [-0.4, -0.2) is 0 Å². The van der Waals surface area contributed by atoms with Crippen molar-refractivity contribution in [3.8, 4) is 0 Å². The van der Waals surface area contributed by atoms with Crippen LogP contribution in [0.3, 0.4) is 0 Å². The number of hydrogen-bond acceptors (Lipinski definition) is 1. The largest absolute Gasteiger partial charge is 0.149 e. The second-order valence-corrected chi connectivity index (χ2v) is 5.76. The lowest BCUT2D eigenvalue weighted by Gasteiger charge is -2.36. The lowest BCUT2D eigenvalue weighted by molar-refractivity contribution is 0.225. The zero-order valence-corrected chi connectivity index (χ0v) is 10.3. The molecule has 0 unspecified atom stereocenters. The van der Waals surface area contributed by atoms with Gasteiger partial charge in [-0.25, -0.2) is 0 Å². The van der Waals surface area contributed by atoms with Gasteiger partial charge in [0.1, 0.15) is 0 Å². The minimum atomic E-state index is 0.624. The molecule has 0 amide bonds. The Morgan fingerprint density at radius 3 is 2.71 bits per heavy atom. The third-order valence-electron chi connectivity index (χ3n) is 4.17. The summed E-state index contributed by atoms with van der Waals surface area (Å²) in [5.41, 5.74) is 3.95. The van der Waals surface area contributed by atoms with Crippen LogP contribution in [0.15, 0.2) is 5.38 Å². The molecule has 0 nitrogen and oxygen atoms in total. The summed E-state index contributed by atoms with van der Waals surface area (Å²) < 4.78 is 0. The van der Waals surface area contributed by atoms with Crippen molar-refractivity contribution in [1.29, 1.82) is 0 Å². The zero-order valence-electron chi connectivity index (χ0n) is 9.52. The van der Waals surface area contributed by atoms with Gasteiger partial charge in [0.2, 0.25) is 0 Å². The van der Waals surface area contributed by atoms with Crippen LogP contribution in [-0.2, 0) is 12.8 Å². The molecule has 0 fully saturated rings. The first-order valence-corrected chi connectivity index (χ1v) is 6.64. The predicted molar refractivity (Wildman–Crippen MR) is 64.1 cm³/mol. The highest BCUT2D eigenvalue weighted by Gasteiger charge is 2.32. The first kappa shape index (κ1) is 10.2. The van der Waals surface area contributed by atoms with Crippen molar-refractivity contribution in [3.63, 3.8) is 0 Å². The number of thiophene rings is 1. The molecule has 14 heavy (non-hydrogen) atoms. The van der Waals surface area contributed by atoms with E-state index in [0.29, 0.717) is 5.41 Å². The van der Waals surface area contributed by atoms with Crippen LogP contribution in [0.2, 0.25) is 0 Å². The highest BCUT2D eigenvalue weighted by molar-refractivity contribution is 7.10. The van der Waals surface area contributed by atoms with Crippen molar-refractivity contribution in [1.82, 2.24) is 0 Å². The molecule has 1 heterocycles. The van der Waals surface area contributed by atoms with Crippen LogP contribution >= 0.6 is 11.3 Å². The van der Waals surface area contributed by atoms with Gasteiger partial charge in [-0.3, -0.25) is 0 Å². The summed E-state index contributed by atoms with van der Waals surface area (Å²) in [6.07, 6.45) is 6.76. The summed E-state index contributed by atoms with van der Waals surface area (Å²) >= 11 is 1.94. The van der Waals surface area contributed by atoms with Crippen LogP contribution in [0.1, 0.15) is 49.1 Å². The molecule has 0 aliphatic heterocycles. The minimum Gasteiger partial charge on any atom is -0.149 e. The van der Waals surface area contributed by atoms with Crippen molar-refractivity contribution < 1.29 is 0 Å². The molecule has 0 radical (unpaired) electrons. The van der Waals surface area contributed by atoms with E-state index in [1.807, 2.05) is 11.3 Å². The number of hydrogen-bond donors (Lipinski definition) is 0. The van der Waals surface area contributed by atoms with Gasteiger partial charge in [-0.2, -0.15) is 0 Å². The monoisotopic (exact) mass is 208 g/mol. The Hall–Kier alpha value is -0.300. The Kier molecular flexibility index (Phi) is 2.70. The lowest BCUT2D eigenvalue weighted by atomic mass is 9.69. The molecular weight excluding hydrogens is 188 g/mol. The topological polar surface area (TPSA) is 0 Å². The molecule has 1 aliphatic rings. The highest BCUT2D eigenvalue weighted by atomic mass is 32.1. The fourth-order valence-electron chi connectivity index (χ4n) is 2.69. The van der Waals surface area contributed by atoms with Gasteiger partial charge in [0.15, 0.2) is 0 Å². The first-order valence-electron chi connectivity index (χ1n) is 5.76. The summed E-state index contributed by atoms with van der Waals surface area (Å²) in [5, 5.41) is 2.37. The second-order valence-electron chi connectivity index (χ2n) is 4.68. The number of aryl methyl sites for hydroxylation is 2. The smallest absolute Gasteiger partial charge is 0.00492 e. The van der Waals surface area contributed by atoms with Crippen LogP contribution in [0.25, 0.3) is 0 Å². The molecule has 1 aromatic heterocycles. The van der Waals surface area contributed by atoms with E-state index in [9.17, 15) is 0 Å². The fraction of sp³-hybridized carbons (Fsp3) is 0.692. The Labute approximate surface area is 91.4 Å². The number of fused-ring (bicyclic) bond motifs is 1. The van der Waals surface area contributed by atoms with Gasteiger partial charge in [-0.1, -0.05) is 26.7 Å². The molecule has 1 aliphatic carbocycles. The maximum atomic E-state index is 2.37. The van der Waals surface area contributed by atoms with E-state index in [-0.39, 0.29) is 0 Å². The van der Waals surface area contributed by atoms with Crippen molar-refractivity contribution in [3.05, 3.63) is 21.4 Å².